The predicted octanol–water partition coefficient (Wildman–Crippen LogP) is -3.02. The van der Waals surface area contributed by atoms with E-state index in [2.05, 4.69) is 49.5 Å². The smallest absolute Gasteiger partial charge is 0.268 e. The number of unbranched alkanes of at least 4 members (excludes halogenated alkanes) is 7. The number of amides is 13. The molecule has 2 aliphatic rings. The van der Waals surface area contributed by atoms with Crippen LogP contribution < -0.4 is 59.7 Å². The molecule has 4 unspecified atom stereocenters. The molecule has 0 aromatic carbocycles. The fourth-order valence-electron chi connectivity index (χ4n) is 9.25. The number of nitrogens with zero attached hydrogens (tertiary/aromatic N) is 2. The molecule has 0 aromatic rings. The lowest BCUT2D eigenvalue weighted by Crippen LogP contribution is -2.62. The van der Waals surface area contributed by atoms with Gasteiger partial charge in [0, 0.05) is 13.6 Å². The number of nitrogens with two attached hydrogens (primary N) is 3. The van der Waals surface area contributed by atoms with E-state index in [0.29, 0.717) is 12.8 Å². The molecule has 2 rings (SSSR count). The van der Waals surface area contributed by atoms with Gasteiger partial charge in [0.2, 0.25) is 59.1 Å². The fraction of sp³-hybridized carbons (Fsp3) is 0.679. The number of allylic oxidation sites excluding steroid dienone is 2. The van der Waals surface area contributed by atoms with Gasteiger partial charge in [0.1, 0.15) is 53.7 Å². The third kappa shape index (κ3) is 21.8. The first-order chi connectivity index (χ1) is 38.0. The second kappa shape index (κ2) is 33.9. The Morgan fingerprint density at radius 3 is 1.60 bits per heavy atom. The summed E-state index contributed by atoms with van der Waals surface area (Å²) in [4.78, 5) is 179. The van der Waals surface area contributed by atoms with Crippen LogP contribution in [0.15, 0.2) is 23.5 Å². The summed E-state index contributed by atoms with van der Waals surface area (Å²) in [5, 5.41) is 41.7. The van der Waals surface area contributed by atoms with Gasteiger partial charge in [0.05, 0.1) is 31.4 Å². The molecular formula is C53H87N13O15. The highest BCUT2D eigenvalue weighted by Gasteiger charge is 2.44. The van der Waals surface area contributed by atoms with Gasteiger partial charge < -0.3 is 79.7 Å². The SMILES string of the molecule is C/C=C1/NC(=O)[C@H](CC(N)=O)NC(=O)/C(=C\C)NC(=O)[C@H](C(C)C)NC(=O)C(O)C(C(C)CCCCCCCCCC)NC(=O)[C@@H]2CCCN2C(=O)[C@H](CC(N)=O)N(C)C(=O)[C@H]([C@@H](C)O)NC(=O)C(C)NC(=O)[C@H](CC(N)=O)NC1=O. The van der Waals surface area contributed by atoms with E-state index in [-0.39, 0.29) is 19.4 Å². The van der Waals surface area contributed by atoms with Crippen LogP contribution in [0.25, 0.3) is 0 Å². The quantitative estimate of drug-likeness (QED) is 0.0480. The summed E-state index contributed by atoms with van der Waals surface area (Å²) in [6.07, 6.45) is 4.46. The zero-order valence-electron chi connectivity index (χ0n) is 48.0. The number of likely N-dealkylation sites (N-methyl/N-ethyl adjacent to an activating group) is 1. The first kappa shape index (κ1) is 69.6. The van der Waals surface area contributed by atoms with E-state index in [1.807, 2.05) is 0 Å². The van der Waals surface area contributed by atoms with Crippen molar-refractivity contribution in [3.63, 3.8) is 0 Å². The summed E-state index contributed by atoms with van der Waals surface area (Å²) in [6, 6.07) is -12.9. The van der Waals surface area contributed by atoms with Crippen molar-refractivity contribution in [2.45, 2.75) is 206 Å². The number of rotatable bonds is 18. The Labute approximate surface area is 472 Å². The fourth-order valence-corrected chi connectivity index (χ4v) is 9.25. The van der Waals surface area contributed by atoms with Gasteiger partial charge in [-0.3, -0.25) is 62.3 Å². The number of carbonyl (C=O) groups is 13. The van der Waals surface area contributed by atoms with E-state index in [0.717, 1.165) is 87.8 Å². The molecule has 16 N–H and O–H groups in total. The normalized spacial score (nSPS) is 26.9. The van der Waals surface area contributed by atoms with Crippen molar-refractivity contribution >= 4 is 76.8 Å². The van der Waals surface area contributed by atoms with E-state index in [1.165, 1.54) is 13.8 Å². The maximum absolute atomic E-state index is 14.6. The van der Waals surface area contributed by atoms with Gasteiger partial charge in [0.15, 0.2) is 6.10 Å². The highest BCUT2D eigenvalue weighted by molar-refractivity contribution is 6.05. The molecule has 2 aliphatic heterocycles. The molecule has 28 heteroatoms. The van der Waals surface area contributed by atoms with E-state index in [9.17, 15) is 72.5 Å². The molecule has 81 heavy (non-hydrogen) atoms. The van der Waals surface area contributed by atoms with Crippen molar-refractivity contribution in [2.75, 3.05) is 13.6 Å². The van der Waals surface area contributed by atoms with Gasteiger partial charge >= 0.3 is 0 Å². The Morgan fingerprint density at radius 2 is 1.11 bits per heavy atom. The number of aliphatic hydroxyl groups excluding tert-OH is 2. The molecule has 2 heterocycles. The number of carbonyl (C=O) groups excluding carboxylic acids is 13. The lowest BCUT2D eigenvalue weighted by molar-refractivity contribution is -0.151. The Hall–Kier alpha value is -7.49. The Bertz CT molecular complexity index is 2360. The third-order valence-electron chi connectivity index (χ3n) is 14.1. The number of hydrogen-bond donors (Lipinski definition) is 13. The lowest BCUT2D eigenvalue weighted by Gasteiger charge is -2.36. The van der Waals surface area contributed by atoms with Crippen LogP contribution in [0, 0.1) is 11.8 Å². The standard InChI is InChI=1S/C53H87N13O15/c1-10-13-14-15-16-17-18-19-21-28(6)41-43(71)51(79)62-40(27(4)5)50(78)59-32(12-3)46(74)61-34(25-38(55)69)48(76)58-31(11-2)45(73)60-33(24-37(54)68)47(75)57-29(7)44(72)64-42(30(8)67)53(81)65(9)36(26-39(56)70)52(80)66-23-20-22-35(66)49(77)63-41/h11-12,27-30,33-36,40-43,67,71H,10,13-26H2,1-9H3,(H2,54,68)(H2,55,69)(H2,56,70)(H,57,75)(H,58,76)(H,59,78)(H,60,73)(H,61,74)(H,62,79)(H,63,77)(H,64,72)/b31-11+,32-12+/t28?,29?,30-,33+,34+,35+,36+,40+,41?,42+,43?/m1/s1. The molecule has 2 saturated heterocycles. The molecule has 0 radical (unpaired) electrons. The number of nitrogens with one attached hydrogen (secondary N) is 8. The maximum Gasteiger partial charge on any atom is 0.268 e. The second-order valence-electron chi connectivity index (χ2n) is 21.0. The highest BCUT2D eigenvalue weighted by Crippen LogP contribution is 2.24. The third-order valence-corrected chi connectivity index (χ3v) is 14.1. The van der Waals surface area contributed by atoms with Crippen LogP contribution in [0.5, 0.6) is 0 Å². The number of primary amides is 3. The Morgan fingerprint density at radius 1 is 0.617 bits per heavy atom. The average Bonchev–Trinajstić information content (AvgIpc) is 3.90. The molecule has 0 aliphatic carbocycles. The minimum atomic E-state index is -2.02. The van der Waals surface area contributed by atoms with E-state index in [4.69, 9.17) is 17.2 Å². The van der Waals surface area contributed by atoms with E-state index >= 15 is 0 Å². The van der Waals surface area contributed by atoms with Crippen molar-refractivity contribution in [2.24, 2.45) is 29.0 Å². The zero-order chi connectivity index (χ0) is 61.4. The number of fused-ring (bicyclic) bond motifs is 1. The van der Waals surface area contributed by atoms with Crippen molar-refractivity contribution in [3.8, 4) is 0 Å². The molecule has 2 fully saturated rings. The molecule has 28 nitrogen and oxygen atoms in total. The van der Waals surface area contributed by atoms with Crippen molar-refractivity contribution < 1.29 is 72.5 Å². The summed E-state index contributed by atoms with van der Waals surface area (Å²) in [5.74, 6) is -15.4. The minimum absolute atomic E-state index is 0.0563. The Kier molecular flexibility index (Phi) is 29.2. The topological polar surface area (TPSA) is 443 Å². The molecular weight excluding hydrogens is 1060 g/mol. The molecule has 0 saturated carbocycles. The van der Waals surface area contributed by atoms with Gasteiger partial charge in [-0.05, 0) is 58.8 Å². The predicted molar refractivity (Wildman–Crippen MR) is 293 cm³/mol. The summed E-state index contributed by atoms with van der Waals surface area (Å²) < 4.78 is 0. The van der Waals surface area contributed by atoms with Gasteiger partial charge in [-0.1, -0.05) is 91.2 Å². The van der Waals surface area contributed by atoms with Crippen LogP contribution in [-0.2, 0) is 62.3 Å². The monoisotopic (exact) mass is 1150 g/mol. The number of hydrogen-bond acceptors (Lipinski definition) is 15. The van der Waals surface area contributed by atoms with Crippen molar-refractivity contribution in [3.05, 3.63) is 23.5 Å². The first-order valence-electron chi connectivity index (χ1n) is 27.6. The van der Waals surface area contributed by atoms with Crippen molar-refractivity contribution in [1.82, 2.24) is 52.3 Å². The summed E-state index contributed by atoms with van der Waals surface area (Å²) >= 11 is 0. The van der Waals surface area contributed by atoms with Crippen LogP contribution in [-0.4, -0.2) is 171 Å². The summed E-state index contributed by atoms with van der Waals surface area (Å²) in [7, 11) is 1.10. The van der Waals surface area contributed by atoms with Crippen LogP contribution >= 0.6 is 0 Å². The van der Waals surface area contributed by atoms with Gasteiger partial charge in [-0.2, -0.15) is 0 Å². The van der Waals surface area contributed by atoms with Crippen LogP contribution in [0.3, 0.4) is 0 Å². The molecule has 0 spiro atoms. The Balaban J connectivity index is 2.79. The van der Waals surface area contributed by atoms with Gasteiger partial charge in [-0.25, -0.2) is 0 Å². The summed E-state index contributed by atoms with van der Waals surface area (Å²) in [6.45, 7) is 11.8. The maximum atomic E-state index is 14.6. The zero-order valence-corrected chi connectivity index (χ0v) is 48.0. The molecule has 11 atom stereocenters. The van der Waals surface area contributed by atoms with Crippen LogP contribution in [0.1, 0.15) is 145 Å². The summed E-state index contributed by atoms with van der Waals surface area (Å²) in [5.41, 5.74) is 15.3. The number of aliphatic hydroxyl groups is 2. The molecule has 0 aromatic heterocycles. The largest absolute Gasteiger partial charge is 0.391 e. The van der Waals surface area contributed by atoms with Crippen LogP contribution in [0.2, 0.25) is 0 Å². The van der Waals surface area contributed by atoms with Gasteiger partial charge in [0.25, 0.3) is 17.7 Å². The average molecular weight is 1150 g/mol. The first-order valence-corrected chi connectivity index (χ1v) is 27.6. The molecule has 0 bridgehead atoms. The second-order valence-corrected chi connectivity index (χ2v) is 21.0. The molecule has 13 amide bonds. The van der Waals surface area contributed by atoms with E-state index in [1.54, 1.807) is 20.8 Å². The van der Waals surface area contributed by atoms with E-state index < -0.39 is 180 Å². The molecule has 454 valence electrons. The highest BCUT2D eigenvalue weighted by atomic mass is 16.3. The minimum Gasteiger partial charge on any atom is -0.391 e. The van der Waals surface area contributed by atoms with Crippen molar-refractivity contribution in [1.29, 1.82) is 0 Å². The lowest BCUT2D eigenvalue weighted by atomic mass is 9.90. The van der Waals surface area contributed by atoms with Crippen LogP contribution in [0.4, 0.5) is 0 Å². The van der Waals surface area contributed by atoms with Gasteiger partial charge in [-0.15, -0.1) is 0 Å².